The fraction of sp³-hybridized carbons (Fsp3) is 0.292. The molecule has 168 valence electrons. The largest absolute Gasteiger partial charge is 0.493 e. The first-order valence-electron chi connectivity index (χ1n) is 10.7. The summed E-state index contributed by atoms with van der Waals surface area (Å²) in [4.78, 5) is 27.5. The van der Waals surface area contributed by atoms with Crippen molar-refractivity contribution in [2.45, 2.75) is 38.4 Å². The van der Waals surface area contributed by atoms with Gasteiger partial charge < -0.3 is 15.3 Å². The quantitative estimate of drug-likeness (QED) is 0.613. The van der Waals surface area contributed by atoms with Crippen LogP contribution in [0.2, 0.25) is 5.02 Å². The van der Waals surface area contributed by atoms with Crippen molar-refractivity contribution in [1.82, 2.24) is 14.0 Å². The van der Waals surface area contributed by atoms with E-state index in [1.54, 1.807) is 17.6 Å². The van der Waals surface area contributed by atoms with Gasteiger partial charge in [-0.2, -0.15) is 5.26 Å². The van der Waals surface area contributed by atoms with Gasteiger partial charge in [0, 0.05) is 25.0 Å². The Morgan fingerprint density at radius 2 is 2.00 bits per heavy atom. The zero-order chi connectivity index (χ0) is 23.3. The predicted octanol–water partition coefficient (Wildman–Crippen LogP) is 3.97. The highest BCUT2D eigenvalue weighted by Gasteiger charge is 2.44. The molecule has 1 aromatic heterocycles. The van der Waals surface area contributed by atoms with Gasteiger partial charge in [0.05, 0.1) is 28.9 Å². The van der Waals surface area contributed by atoms with Gasteiger partial charge in [0.2, 0.25) is 5.88 Å². The second-order valence-corrected chi connectivity index (χ2v) is 8.92. The molecule has 2 amide bonds. The average molecular weight is 464 g/mol. The van der Waals surface area contributed by atoms with E-state index >= 15 is 0 Å². The van der Waals surface area contributed by atoms with E-state index in [0.717, 1.165) is 12.0 Å². The van der Waals surface area contributed by atoms with Crippen LogP contribution in [0.5, 0.6) is 5.88 Å². The number of anilines is 1. The molecule has 9 heteroatoms. The number of nitrogens with zero attached hydrogens (tertiary/aromatic N) is 4. The highest BCUT2D eigenvalue weighted by atomic mass is 35.5. The number of imidazole rings is 1. The third kappa shape index (κ3) is 3.64. The van der Waals surface area contributed by atoms with E-state index in [1.165, 1.54) is 15.5 Å². The topological polar surface area (TPSA) is 103 Å². The monoisotopic (exact) mass is 463 g/mol. The summed E-state index contributed by atoms with van der Waals surface area (Å²) in [6.45, 7) is 2.49. The van der Waals surface area contributed by atoms with E-state index in [1.807, 2.05) is 36.4 Å². The molecule has 1 aliphatic carbocycles. The number of aryl methyl sites for hydroxylation is 1. The smallest absolute Gasteiger partial charge is 0.331 e. The van der Waals surface area contributed by atoms with Crippen LogP contribution in [0, 0.1) is 18.3 Å². The van der Waals surface area contributed by atoms with Crippen LogP contribution in [0.4, 0.5) is 10.5 Å². The van der Waals surface area contributed by atoms with Gasteiger partial charge in [-0.3, -0.25) is 9.13 Å². The Kier molecular flexibility index (Phi) is 5.14. The van der Waals surface area contributed by atoms with Gasteiger partial charge in [0.1, 0.15) is 5.69 Å². The van der Waals surface area contributed by atoms with Crippen molar-refractivity contribution in [3.63, 3.8) is 0 Å². The van der Waals surface area contributed by atoms with Crippen LogP contribution < -0.4 is 11.0 Å². The van der Waals surface area contributed by atoms with Crippen molar-refractivity contribution in [2.24, 2.45) is 0 Å². The van der Waals surface area contributed by atoms with E-state index in [2.05, 4.69) is 5.32 Å². The molecule has 2 atom stereocenters. The van der Waals surface area contributed by atoms with Crippen molar-refractivity contribution in [3.05, 3.63) is 80.4 Å². The Balaban J connectivity index is 1.36. The molecule has 8 nitrogen and oxygen atoms in total. The lowest BCUT2D eigenvalue weighted by molar-refractivity contribution is 0.195. The first-order valence-corrected chi connectivity index (χ1v) is 11.1. The number of nitrogens with one attached hydrogen (secondary N) is 1. The molecular weight excluding hydrogens is 442 g/mol. The zero-order valence-electron chi connectivity index (χ0n) is 18.0. The second-order valence-electron chi connectivity index (χ2n) is 8.51. The summed E-state index contributed by atoms with van der Waals surface area (Å²) < 4.78 is 3.02. The Morgan fingerprint density at radius 3 is 2.70 bits per heavy atom. The van der Waals surface area contributed by atoms with Crippen molar-refractivity contribution >= 4 is 23.3 Å². The van der Waals surface area contributed by atoms with Crippen LogP contribution >= 0.6 is 11.6 Å². The van der Waals surface area contributed by atoms with Crippen molar-refractivity contribution < 1.29 is 9.90 Å². The summed E-state index contributed by atoms with van der Waals surface area (Å²) in [6, 6.07) is 14.7. The Labute approximate surface area is 195 Å². The molecule has 2 aliphatic rings. The van der Waals surface area contributed by atoms with E-state index in [9.17, 15) is 14.7 Å². The minimum atomic E-state index is -0.385. The summed E-state index contributed by atoms with van der Waals surface area (Å²) in [5.41, 5.74) is 2.87. The lowest BCUT2D eigenvalue weighted by atomic mass is 10.1. The molecule has 2 N–H and O–H groups in total. The number of nitriles is 1. The lowest BCUT2D eigenvalue weighted by Crippen LogP contribution is -2.42. The van der Waals surface area contributed by atoms with Crippen LogP contribution in [0.25, 0.3) is 0 Å². The maximum Gasteiger partial charge on any atom is 0.331 e. The number of aromatic nitrogens is 2. The number of carbonyl (C=O) groups excluding carboxylic acids is 1. The fourth-order valence-electron chi connectivity index (χ4n) is 4.61. The van der Waals surface area contributed by atoms with Crippen molar-refractivity contribution in [3.8, 4) is 11.9 Å². The molecule has 0 spiro atoms. The minimum Gasteiger partial charge on any atom is -0.493 e. The number of hydrogen-bond donors (Lipinski definition) is 2. The van der Waals surface area contributed by atoms with E-state index in [4.69, 9.17) is 16.9 Å². The van der Waals surface area contributed by atoms with Crippen LogP contribution in [0.15, 0.2) is 47.3 Å². The third-order valence-electron chi connectivity index (χ3n) is 6.44. The van der Waals surface area contributed by atoms with Gasteiger partial charge in [-0.05, 0) is 36.6 Å². The number of fused-ring (bicyclic) bond motifs is 1. The summed E-state index contributed by atoms with van der Waals surface area (Å²) >= 11 is 6.26. The number of benzene rings is 2. The van der Waals surface area contributed by atoms with Gasteiger partial charge in [-0.1, -0.05) is 41.9 Å². The number of rotatable bonds is 3. The Morgan fingerprint density at radius 1 is 1.24 bits per heavy atom. The van der Waals surface area contributed by atoms with Gasteiger partial charge in [0.25, 0.3) is 0 Å². The van der Waals surface area contributed by atoms with Crippen LogP contribution in [-0.2, 0) is 13.1 Å². The SMILES string of the molecule is Cc1cc(C#N)cc(Cl)c1NC(=O)N1CCn2c(c(O)n([C@H]3C[C@@H]3c3ccccc3)c2=O)C1. The number of halogens is 1. The normalized spacial score (nSPS) is 19.0. The summed E-state index contributed by atoms with van der Waals surface area (Å²) in [5, 5.41) is 23.1. The molecule has 2 aromatic carbocycles. The second kappa shape index (κ2) is 8.01. The van der Waals surface area contributed by atoms with Crippen LogP contribution in [0.1, 0.15) is 40.8 Å². The molecule has 0 bridgehead atoms. The van der Waals surface area contributed by atoms with E-state index in [0.29, 0.717) is 35.6 Å². The highest BCUT2D eigenvalue weighted by Crippen LogP contribution is 2.52. The molecular formula is C24H22ClN5O3. The number of aromatic hydroxyl groups is 1. The van der Waals surface area contributed by atoms with E-state index < -0.39 is 0 Å². The Hall–Kier alpha value is -3.70. The highest BCUT2D eigenvalue weighted by molar-refractivity contribution is 6.34. The third-order valence-corrected chi connectivity index (χ3v) is 6.73. The van der Waals surface area contributed by atoms with Gasteiger partial charge >= 0.3 is 11.7 Å². The zero-order valence-corrected chi connectivity index (χ0v) is 18.7. The molecule has 0 unspecified atom stereocenters. The van der Waals surface area contributed by atoms with Gasteiger partial charge in [-0.25, -0.2) is 9.59 Å². The van der Waals surface area contributed by atoms with Crippen molar-refractivity contribution in [2.75, 3.05) is 11.9 Å². The van der Waals surface area contributed by atoms with E-state index in [-0.39, 0.29) is 41.1 Å². The summed E-state index contributed by atoms with van der Waals surface area (Å²) in [6.07, 6.45) is 0.793. The molecule has 0 radical (unpaired) electrons. The number of carbonyl (C=O) groups is 1. The molecule has 1 aliphatic heterocycles. The first kappa shape index (κ1) is 21.2. The Bertz CT molecular complexity index is 1330. The number of urea groups is 1. The molecule has 1 fully saturated rings. The van der Waals surface area contributed by atoms with Gasteiger partial charge in [0.15, 0.2) is 0 Å². The molecule has 0 saturated heterocycles. The molecule has 2 heterocycles. The number of hydrogen-bond acceptors (Lipinski definition) is 4. The molecule has 3 aromatic rings. The first-order chi connectivity index (χ1) is 15.9. The van der Waals surface area contributed by atoms with Crippen molar-refractivity contribution in [1.29, 1.82) is 5.26 Å². The minimum absolute atomic E-state index is 0.0754. The average Bonchev–Trinajstić information content (AvgIpc) is 3.57. The summed E-state index contributed by atoms with van der Waals surface area (Å²) in [7, 11) is 0. The van der Waals surface area contributed by atoms with Gasteiger partial charge in [-0.15, -0.1) is 0 Å². The van der Waals surface area contributed by atoms with Crippen LogP contribution in [-0.4, -0.2) is 31.7 Å². The predicted molar refractivity (Wildman–Crippen MR) is 124 cm³/mol. The fourth-order valence-corrected chi connectivity index (χ4v) is 4.93. The number of amides is 2. The van der Waals surface area contributed by atoms with Crippen LogP contribution in [0.3, 0.4) is 0 Å². The maximum atomic E-state index is 13.0. The standard InChI is InChI=1S/C24H22ClN5O3/c1-14-9-15(12-26)10-18(25)21(14)27-23(32)28-7-8-29-20(13-28)22(31)30(24(29)33)19-11-17(19)16-5-3-2-4-6-16/h2-6,9-10,17,19,31H,7-8,11,13H2,1H3,(H,27,32)/t17-,19+/m1/s1. The molecule has 33 heavy (non-hydrogen) atoms. The lowest BCUT2D eigenvalue weighted by Gasteiger charge is -2.28. The maximum absolute atomic E-state index is 13.0. The molecule has 1 saturated carbocycles. The summed E-state index contributed by atoms with van der Waals surface area (Å²) in [5.74, 6) is 0.119. The molecule has 5 rings (SSSR count).